The molecule has 0 spiro atoms. The van der Waals surface area contributed by atoms with E-state index in [9.17, 15) is 13.2 Å². The summed E-state index contributed by atoms with van der Waals surface area (Å²) in [6.07, 6.45) is 1.78. The number of hydrogen-bond donors (Lipinski definition) is 2. The van der Waals surface area contributed by atoms with Crippen LogP contribution >= 0.6 is 0 Å². The largest absolute Gasteiger partial charge is 0.366 e. The van der Waals surface area contributed by atoms with E-state index in [0.29, 0.717) is 24.3 Å². The zero-order valence-electron chi connectivity index (χ0n) is 9.80. The van der Waals surface area contributed by atoms with Gasteiger partial charge in [0.2, 0.25) is 5.91 Å². The lowest BCUT2D eigenvalue weighted by Gasteiger charge is -2.16. The van der Waals surface area contributed by atoms with Gasteiger partial charge in [-0.2, -0.15) is 12.7 Å². The van der Waals surface area contributed by atoms with Gasteiger partial charge in [0.1, 0.15) is 0 Å². The highest BCUT2D eigenvalue weighted by molar-refractivity contribution is 7.90. The van der Waals surface area contributed by atoms with E-state index in [-0.39, 0.29) is 0 Å². The molecule has 1 aliphatic heterocycles. The molecule has 0 bridgehead atoms. The van der Waals surface area contributed by atoms with Gasteiger partial charge in [-0.15, -0.1) is 0 Å². The summed E-state index contributed by atoms with van der Waals surface area (Å²) in [5, 5.41) is 0. The molecule has 1 aromatic carbocycles. The van der Waals surface area contributed by atoms with Crippen LogP contribution in [-0.4, -0.2) is 31.7 Å². The minimum Gasteiger partial charge on any atom is -0.366 e. The van der Waals surface area contributed by atoms with Crippen molar-refractivity contribution in [3.05, 3.63) is 29.8 Å². The Bertz CT molecular complexity index is 533. The van der Waals surface area contributed by atoms with Gasteiger partial charge in [0.05, 0.1) is 0 Å². The van der Waals surface area contributed by atoms with Crippen LogP contribution < -0.4 is 10.5 Å². The number of anilines is 1. The number of amides is 1. The van der Waals surface area contributed by atoms with E-state index >= 15 is 0 Å². The Morgan fingerprint density at radius 3 is 2.22 bits per heavy atom. The van der Waals surface area contributed by atoms with Crippen LogP contribution in [0.1, 0.15) is 23.2 Å². The van der Waals surface area contributed by atoms with Gasteiger partial charge in [-0.3, -0.25) is 9.52 Å². The van der Waals surface area contributed by atoms with Crippen molar-refractivity contribution in [1.29, 1.82) is 0 Å². The van der Waals surface area contributed by atoms with Crippen molar-refractivity contribution in [3.63, 3.8) is 0 Å². The van der Waals surface area contributed by atoms with Crippen molar-refractivity contribution in [2.45, 2.75) is 12.8 Å². The van der Waals surface area contributed by atoms with Crippen molar-refractivity contribution in [2.75, 3.05) is 17.8 Å². The lowest BCUT2D eigenvalue weighted by molar-refractivity contribution is 0.100. The van der Waals surface area contributed by atoms with Gasteiger partial charge >= 0.3 is 10.2 Å². The topological polar surface area (TPSA) is 92.5 Å². The molecule has 1 amide bonds. The molecule has 0 aliphatic carbocycles. The number of rotatable bonds is 4. The Morgan fingerprint density at radius 1 is 1.17 bits per heavy atom. The van der Waals surface area contributed by atoms with Crippen molar-refractivity contribution in [1.82, 2.24) is 4.31 Å². The number of nitrogens with zero attached hydrogens (tertiary/aromatic N) is 1. The predicted molar refractivity (Wildman–Crippen MR) is 68.3 cm³/mol. The van der Waals surface area contributed by atoms with Crippen LogP contribution in [0.2, 0.25) is 0 Å². The van der Waals surface area contributed by atoms with Gasteiger partial charge in [-0.25, -0.2) is 0 Å². The van der Waals surface area contributed by atoms with E-state index in [0.717, 1.165) is 12.8 Å². The molecule has 0 aromatic heterocycles. The zero-order chi connectivity index (χ0) is 13.2. The molecule has 7 heteroatoms. The molecule has 98 valence electrons. The molecule has 1 saturated heterocycles. The molecule has 0 atom stereocenters. The molecule has 6 nitrogen and oxygen atoms in total. The van der Waals surface area contributed by atoms with E-state index in [2.05, 4.69) is 4.72 Å². The van der Waals surface area contributed by atoms with Gasteiger partial charge in [-0.05, 0) is 37.1 Å². The molecule has 18 heavy (non-hydrogen) atoms. The monoisotopic (exact) mass is 269 g/mol. The minimum absolute atomic E-state index is 0.346. The maximum Gasteiger partial charge on any atom is 0.301 e. The summed E-state index contributed by atoms with van der Waals surface area (Å²) in [6.45, 7) is 1.10. The van der Waals surface area contributed by atoms with Crippen molar-refractivity contribution in [3.8, 4) is 0 Å². The molecular formula is C11H15N3O3S. The second-order valence-corrected chi connectivity index (χ2v) is 5.83. The van der Waals surface area contributed by atoms with Crippen LogP contribution in [-0.2, 0) is 10.2 Å². The fourth-order valence-corrected chi connectivity index (χ4v) is 3.15. The third-order valence-corrected chi connectivity index (χ3v) is 4.36. The maximum absolute atomic E-state index is 11.9. The van der Waals surface area contributed by atoms with Gasteiger partial charge in [-0.1, -0.05) is 0 Å². The molecule has 1 aromatic rings. The number of carbonyl (C=O) groups is 1. The summed E-state index contributed by atoms with van der Waals surface area (Å²) in [5.74, 6) is -0.538. The molecule has 0 unspecified atom stereocenters. The highest BCUT2D eigenvalue weighted by atomic mass is 32.2. The number of nitrogens with two attached hydrogens (primary N) is 1. The number of primary amides is 1. The van der Waals surface area contributed by atoms with Crippen molar-refractivity contribution < 1.29 is 13.2 Å². The Morgan fingerprint density at radius 2 is 1.72 bits per heavy atom. The highest BCUT2D eigenvalue weighted by Gasteiger charge is 2.24. The number of benzene rings is 1. The summed E-state index contributed by atoms with van der Waals surface area (Å²) in [5.41, 5.74) is 5.87. The molecule has 1 fully saturated rings. The number of nitrogens with one attached hydrogen (secondary N) is 1. The first-order valence-corrected chi connectivity index (χ1v) is 7.11. The summed E-state index contributed by atoms with van der Waals surface area (Å²) < 4.78 is 27.8. The highest BCUT2D eigenvalue weighted by Crippen LogP contribution is 2.17. The lowest BCUT2D eigenvalue weighted by atomic mass is 10.2. The van der Waals surface area contributed by atoms with Crippen LogP contribution in [0.5, 0.6) is 0 Å². The van der Waals surface area contributed by atoms with Gasteiger partial charge in [0.15, 0.2) is 0 Å². The standard InChI is InChI=1S/C11H15N3O3S/c12-11(15)9-3-5-10(6-4-9)13-18(16,17)14-7-1-2-8-14/h3-6,13H,1-2,7-8H2,(H2,12,15). The van der Waals surface area contributed by atoms with Gasteiger partial charge < -0.3 is 5.73 Å². The van der Waals surface area contributed by atoms with E-state index < -0.39 is 16.1 Å². The van der Waals surface area contributed by atoms with Crippen LogP contribution in [0.25, 0.3) is 0 Å². The van der Waals surface area contributed by atoms with Crippen LogP contribution in [0.4, 0.5) is 5.69 Å². The van der Waals surface area contributed by atoms with E-state index in [1.165, 1.54) is 28.6 Å². The van der Waals surface area contributed by atoms with E-state index in [4.69, 9.17) is 5.73 Å². The van der Waals surface area contributed by atoms with Crippen LogP contribution in [0, 0.1) is 0 Å². The molecule has 3 N–H and O–H groups in total. The first-order chi connectivity index (χ1) is 8.49. The summed E-state index contributed by atoms with van der Waals surface area (Å²) in [6, 6.07) is 6.02. The van der Waals surface area contributed by atoms with Gasteiger partial charge in [0, 0.05) is 24.3 Å². The van der Waals surface area contributed by atoms with E-state index in [1.807, 2.05) is 0 Å². The SMILES string of the molecule is NC(=O)c1ccc(NS(=O)(=O)N2CCCC2)cc1. The Hall–Kier alpha value is -1.60. The first-order valence-electron chi connectivity index (χ1n) is 5.67. The average Bonchev–Trinajstić information content (AvgIpc) is 2.83. The summed E-state index contributed by atoms with van der Waals surface area (Å²) in [4.78, 5) is 10.9. The van der Waals surface area contributed by atoms with Gasteiger partial charge in [0.25, 0.3) is 0 Å². The van der Waals surface area contributed by atoms with Crippen LogP contribution in [0.15, 0.2) is 24.3 Å². The average molecular weight is 269 g/mol. The van der Waals surface area contributed by atoms with Crippen molar-refractivity contribution >= 4 is 21.8 Å². The normalized spacial score (nSPS) is 16.7. The smallest absolute Gasteiger partial charge is 0.301 e. The zero-order valence-corrected chi connectivity index (χ0v) is 10.6. The molecule has 2 rings (SSSR count). The van der Waals surface area contributed by atoms with Crippen LogP contribution in [0.3, 0.4) is 0 Å². The van der Waals surface area contributed by atoms with Crippen molar-refractivity contribution in [2.24, 2.45) is 5.73 Å². The third-order valence-electron chi connectivity index (χ3n) is 2.82. The summed E-state index contributed by atoms with van der Waals surface area (Å²) in [7, 11) is -3.48. The molecule has 1 aliphatic rings. The number of carbonyl (C=O) groups excluding carboxylic acids is 1. The second kappa shape index (κ2) is 4.95. The fraction of sp³-hybridized carbons (Fsp3) is 0.364. The molecule has 0 saturated carbocycles. The molecule has 0 radical (unpaired) electrons. The Kier molecular flexibility index (Phi) is 3.53. The fourth-order valence-electron chi connectivity index (χ4n) is 1.84. The quantitative estimate of drug-likeness (QED) is 0.835. The Balaban J connectivity index is 2.11. The Labute approximate surface area is 106 Å². The summed E-state index contributed by atoms with van der Waals surface area (Å²) >= 11 is 0. The first kappa shape index (κ1) is 12.8. The minimum atomic E-state index is -3.48. The molecular weight excluding hydrogens is 254 g/mol. The number of hydrogen-bond acceptors (Lipinski definition) is 3. The second-order valence-electron chi connectivity index (χ2n) is 4.15. The van der Waals surface area contributed by atoms with E-state index in [1.54, 1.807) is 0 Å². The lowest BCUT2D eigenvalue weighted by Crippen LogP contribution is -2.33. The third kappa shape index (κ3) is 2.80. The molecule has 1 heterocycles. The predicted octanol–water partition coefficient (Wildman–Crippen LogP) is 0.538. The maximum atomic E-state index is 11.9.